The Balaban J connectivity index is 0.00000544. The molecule has 33 heavy (non-hydrogen) atoms. The molecule has 0 radical (unpaired) electrons. The van der Waals surface area contributed by atoms with Crippen molar-refractivity contribution in [3.8, 4) is 0 Å². The van der Waals surface area contributed by atoms with Gasteiger partial charge in [0.15, 0.2) is 5.96 Å². The zero-order valence-corrected chi connectivity index (χ0v) is 22.3. The molecule has 3 N–H and O–H groups in total. The summed E-state index contributed by atoms with van der Waals surface area (Å²) in [6.45, 7) is 9.88. The van der Waals surface area contributed by atoms with Gasteiger partial charge in [0, 0.05) is 71.7 Å². The Labute approximate surface area is 213 Å². The van der Waals surface area contributed by atoms with E-state index in [1.807, 2.05) is 25.7 Å². The monoisotopic (exact) mass is 576 g/mol. The second-order valence-corrected chi connectivity index (χ2v) is 8.37. The third-order valence-electron chi connectivity index (χ3n) is 4.64. The van der Waals surface area contributed by atoms with Crippen LogP contribution in [0.2, 0.25) is 0 Å². The highest BCUT2D eigenvalue weighted by Crippen LogP contribution is 2.10. The molecule has 2 heterocycles. The van der Waals surface area contributed by atoms with Crippen molar-refractivity contribution in [2.75, 3.05) is 57.8 Å². The third-order valence-corrected chi connectivity index (χ3v) is 4.64. The standard InChI is InChI=1S/C21H36N8O3.HI/c1-21(2,3)32-20(31)27-11-5-8-23-18(22-4)24-12-7-17(30)28-13-15-29(16-14-28)19-25-9-6-10-26-19;/h6,9-10H,5,7-8,11-16H2,1-4H3,(H,27,31)(H2,22,23,24);1H. The Hall–Kier alpha value is -2.38. The fraction of sp³-hybridized carbons (Fsp3) is 0.667. The van der Waals surface area contributed by atoms with Gasteiger partial charge < -0.3 is 30.5 Å². The van der Waals surface area contributed by atoms with E-state index in [-0.39, 0.29) is 29.9 Å². The van der Waals surface area contributed by atoms with Gasteiger partial charge in [0.2, 0.25) is 11.9 Å². The first kappa shape index (κ1) is 28.7. The number of anilines is 1. The molecule has 1 aromatic heterocycles. The molecule has 186 valence electrons. The molecule has 0 atom stereocenters. The quantitative estimate of drug-likeness (QED) is 0.183. The number of ether oxygens (including phenoxy) is 1. The van der Waals surface area contributed by atoms with Gasteiger partial charge in [-0.3, -0.25) is 9.79 Å². The highest BCUT2D eigenvalue weighted by molar-refractivity contribution is 14.0. The summed E-state index contributed by atoms with van der Waals surface area (Å²) in [7, 11) is 1.68. The fourth-order valence-corrected chi connectivity index (χ4v) is 3.08. The lowest BCUT2D eigenvalue weighted by Crippen LogP contribution is -2.50. The average Bonchev–Trinajstić information content (AvgIpc) is 2.77. The summed E-state index contributed by atoms with van der Waals surface area (Å²) in [5.41, 5.74) is -0.504. The van der Waals surface area contributed by atoms with Crippen molar-refractivity contribution in [2.24, 2.45) is 4.99 Å². The van der Waals surface area contributed by atoms with Crippen LogP contribution in [-0.2, 0) is 9.53 Å². The number of carbonyl (C=O) groups is 2. The summed E-state index contributed by atoms with van der Waals surface area (Å²) in [5, 5.41) is 9.04. The van der Waals surface area contributed by atoms with Crippen LogP contribution in [0.3, 0.4) is 0 Å². The van der Waals surface area contributed by atoms with Gasteiger partial charge in [-0.1, -0.05) is 0 Å². The Bertz CT molecular complexity index is 750. The predicted molar refractivity (Wildman–Crippen MR) is 139 cm³/mol. The van der Waals surface area contributed by atoms with E-state index in [4.69, 9.17) is 4.74 Å². The molecule has 1 fully saturated rings. The molecule has 0 saturated carbocycles. The van der Waals surface area contributed by atoms with E-state index in [1.54, 1.807) is 25.5 Å². The molecule has 11 nitrogen and oxygen atoms in total. The summed E-state index contributed by atoms with van der Waals surface area (Å²) in [4.78, 5) is 40.7. The van der Waals surface area contributed by atoms with Crippen molar-refractivity contribution in [3.05, 3.63) is 18.5 Å². The maximum Gasteiger partial charge on any atom is 0.407 e. The largest absolute Gasteiger partial charge is 0.444 e. The predicted octanol–water partition coefficient (Wildman–Crippen LogP) is 1.21. The molecular formula is C21H37IN8O3. The highest BCUT2D eigenvalue weighted by Gasteiger charge is 2.22. The molecule has 0 aliphatic carbocycles. The number of aliphatic imine (C=N–C) groups is 1. The summed E-state index contributed by atoms with van der Waals surface area (Å²) >= 11 is 0. The Morgan fingerprint density at radius 2 is 1.64 bits per heavy atom. The number of nitrogens with one attached hydrogen (secondary N) is 3. The summed E-state index contributed by atoms with van der Waals surface area (Å²) < 4.78 is 5.19. The van der Waals surface area contributed by atoms with Crippen molar-refractivity contribution in [2.45, 2.75) is 39.2 Å². The lowest BCUT2D eigenvalue weighted by Gasteiger charge is -2.34. The second-order valence-electron chi connectivity index (χ2n) is 8.37. The van der Waals surface area contributed by atoms with Gasteiger partial charge in [-0.15, -0.1) is 24.0 Å². The first-order chi connectivity index (χ1) is 15.3. The number of hydrogen-bond donors (Lipinski definition) is 3. The van der Waals surface area contributed by atoms with Gasteiger partial charge in [-0.25, -0.2) is 14.8 Å². The fourth-order valence-electron chi connectivity index (χ4n) is 3.08. The van der Waals surface area contributed by atoms with Crippen molar-refractivity contribution < 1.29 is 14.3 Å². The molecule has 1 aromatic rings. The zero-order chi connectivity index (χ0) is 23.4. The Morgan fingerprint density at radius 1 is 1.03 bits per heavy atom. The van der Waals surface area contributed by atoms with Crippen LogP contribution in [0.4, 0.5) is 10.7 Å². The number of aromatic nitrogens is 2. The number of alkyl carbamates (subject to hydrolysis) is 1. The number of carbonyl (C=O) groups excluding carboxylic acids is 2. The van der Waals surface area contributed by atoms with E-state index in [9.17, 15) is 9.59 Å². The van der Waals surface area contributed by atoms with Gasteiger partial charge >= 0.3 is 6.09 Å². The minimum absolute atomic E-state index is 0. The van der Waals surface area contributed by atoms with Crippen molar-refractivity contribution in [1.29, 1.82) is 0 Å². The molecule has 2 amide bonds. The van der Waals surface area contributed by atoms with Crippen LogP contribution in [0, 0.1) is 0 Å². The number of piperazine rings is 1. The van der Waals surface area contributed by atoms with Gasteiger partial charge in [0.1, 0.15) is 5.60 Å². The van der Waals surface area contributed by atoms with Crippen LogP contribution in [0.1, 0.15) is 33.6 Å². The lowest BCUT2D eigenvalue weighted by atomic mass is 10.2. The maximum atomic E-state index is 12.5. The van der Waals surface area contributed by atoms with E-state index in [2.05, 4.69) is 35.8 Å². The number of hydrogen-bond acceptors (Lipinski definition) is 7. The normalized spacial score (nSPS) is 14.2. The van der Waals surface area contributed by atoms with Crippen LogP contribution in [0.25, 0.3) is 0 Å². The summed E-state index contributed by atoms with van der Waals surface area (Å²) in [6, 6.07) is 1.79. The number of amides is 2. The van der Waals surface area contributed by atoms with E-state index in [1.165, 1.54) is 0 Å². The molecule has 12 heteroatoms. The Kier molecular flexibility index (Phi) is 12.8. The molecular weight excluding hydrogens is 539 g/mol. The molecule has 1 saturated heterocycles. The molecule has 2 rings (SSSR count). The van der Waals surface area contributed by atoms with Gasteiger partial charge in [-0.05, 0) is 33.3 Å². The SMILES string of the molecule is CN=C(NCCCNC(=O)OC(C)(C)C)NCCC(=O)N1CCN(c2ncccn2)CC1.I. The molecule has 0 unspecified atom stereocenters. The number of halogens is 1. The van der Waals surface area contributed by atoms with E-state index in [0.29, 0.717) is 57.5 Å². The van der Waals surface area contributed by atoms with Gasteiger partial charge in [0.05, 0.1) is 0 Å². The average molecular weight is 576 g/mol. The Morgan fingerprint density at radius 3 is 2.24 bits per heavy atom. The molecule has 0 spiro atoms. The van der Waals surface area contributed by atoms with Crippen LogP contribution in [0.5, 0.6) is 0 Å². The molecule has 0 aromatic carbocycles. The highest BCUT2D eigenvalue weighted by atomic mass is 127. The van der Waals surface area contributed by atoms with Crippen LogP contribution in [-0.4, -0.2) is 91.3 Å². The number of rotatable bonds is 8. The maximum absolute atomic E-state index is 12.5. The van der Waals surface area contributed by atoms with Crippen LogP contribution < -0.4 is 20.9 Å². The minimum Gasteiger partial charge on any atom is -0.444 e. The smallest absolute Gasteiger partial charge is 0.407 e. The summed E-state index contributed by atoms with van der Waals surface area (Å²) in [6.07, 6.45) is 4.14. The third kappa shape index (κ3) is 11.3. The van der Waals surface area contributed by atoms with Gasteiger partial charge in [0.25, 0.3) is 0 Å². The van der Waals surface area contributed by atoms with E-state index < -0.39 is 11.7 Å². The molecule has 1 aliphatic rings. The lowest BCUT2D eigenvalue weighted by molar-refractivity contribution is -0.131. The molecule has 0 bridgehead atoms. The minimum atomic E-state index is -0.504. The number of nitrogens with zero attached hydrogens (tertiary/aromatic N) is 5. The van der Waals surface area contributed by atoms with Crippen LogP contribution in [0.15, 0.2) is 23.5 Å². The van der Waals surface area contributed by atoms with Gasteiger partial charge in [-0.2, -0.15) is 0 Å². The van der Waals surface area contributed by atoms with Crippen molar-refractivity contribution in [3.63, 3.8) is 0 Å². The first-order valence-electron chi connectivity index (χ1n) is 11.0. The summed E-state index contributed by atoms with van der Waals surface area (Å²) in [5.74, 6) is 1.45. The second kappa shape index (κ2) is 14.7. The number of guanidine groups is 1. The van der Waals surface area contributed by atoms with E-state index >= 15 is 0 Å². The van der Waals surface area contributed by atoms with Crippen LogP contribution >= 0.6 is 24.0 Å². The van der Waals surface area contributed by atoms with Crippen molar-refractivity contribution >= 4 is 47.9 Å². The van der Waals surface area contributed by atoms with Crippen molar-refractivity contribution in [1.82, 2.24) is 30.8 Å². The first-order valence-corrected chi connectivity index (χ1v) is 11.0. The topological polar surface area (TPSA) is 124 Å². The van der Waals surface area contributed by atoms with E-state index in [0.717, 1.165) is 13.1 Å². The zero-order valence-electron chi connectivity index (χ0n) is 20.0. The molecule has 1 aliphatic heterocycles.